The summed E-state index contributed by atoms with van der Waals surface area (Å²) in [6, 6.07) is 5.27. The minimum absolute atomic E-state index is 0.157. The molecule has 1 aromatic carbocycles. The van der Waals surface area contributed by atoms with Crippen LogP contribution in [0.2, 0.25) is 0 Å². The van der Waals surface area contributed by atoms with E-state index in [0.29, 0.717) is 6.54 Å². The van der Waals surface area contributed by atoms with E-state index >= 15 is 0 Å². The van der Waals surface area contributed by atoms with Gasteiger partial charge in [-0.25, -0.2) is 4.39 Å². The minimum Gasteiger partial charge on any atom is -0.392 e. The summed E-state index contributed by atoms with van der Waals surface area (Å²) in [4.78, 5) is 0. The molecule has 88 valence electrons. The van der Waals surface area contributed by atoms with E-state index in [1.54, 1.807) is 13.0 Å². The maximum atomic E-state index is 13.1. The zero-order chi connectivity index (χ0) is 11.5. The van der Waals surface area contributed by atoms with Crippen molar-refractivity contribution in [2.45, 2.75) is 38.3 Å². The number of benzene rings is 1. The first-order valence-corrected chi connectivity index (χ1v) is 5.86. The molecule has 2 rings (SSSR count). The summed E-state index contributed by atoms with van der Waals surface area (Å²) in [6.07, 6.45) is 2.75. The summed E-state index contributed by atoms with van der Waals surface area (Å²) in [5, 5.41) is 12.6. The molecule has 1 aliphatic carbocycles. The molecule has 0 aromatic heterocycles. The lowest BCUT2D eigenvalue weighted by Crippen LogP contribution is -2.31. The number of halogens is 1. The van der Waals surface area contributed by atoms with Gasteiger partial charge in [-0.05, 0) is 49.4 Å². The van der Waals surface area contributed by atoms with Gasteiger partial charge in [-0.15, -0.1) is 0 Å². The van der Waals surface area contributed by atoms with Crippen molar-refractivity contribution in [2.24, 2.45) is 0 Å². The summed E-state index contributed by atoms with van der Waals surface area (Å²) < 4.78 is 13.1. The van der Waals surface area contributed by atoms with E-state index in [1.807, 2.05) is 6.07 Å². The Hall–Kier alpha value is -0.930. The molecule has 2 nitrogen and oxygen atoms in total. The highest BCUT2D eigenvalue weighted by Gasteiger charge is 2.20. The summed E-state index contributed by atoms with van der Waals surface area (Å²) in [5.74, 6) is -0.157. The maximum Gasteiger partial charge on any atom is 0.123 e. The van der Waals surface area contributed by atoms with E-state index in [4.69, 9.17) is 0 Å². The van der Waals surface area contributed by atoms with Gasteiger partial charge < -0.3 is 10.4 Å². The first-order chi connectivity index (χ1) is 7.66. The number of nitrogens with one attached hydrogen (secondary N) is 1. The monoisotopic (exact) mass is 223 g/mol. The second-order valence-electron chi connectivity index (χ2n) is 4.55. The number of hydrogen-bond donors (Lipinski definition) is 2. The van der Waals surface area contributed by atoms with Crippen LogP contribution in [0.3, 0.4) is 0 Å². The van der Waals surface area contributed by atoms with Crippen LogP contribution in [0.4, 0.5) is 4.39 Å². The molecule has 1 unspecified atom stereocenters. The van der Waals surface area contributed by atoms with E-state index in [2.05, 4.69) is 5.32 Å². The van der Waals surface area contributed by atoms with Crippen LogP contribution in [-0.2, 0) is 6.42 Å². The van der Waals surface area contributed by atoms with Crippen LogP contribution in [0, 0.1) is 5.82 Å². The van der Waals surface area contributed by atoms with E-state index < -0.39 is 0 Å². The fraction of sp³-hybridized carbons (Fsp3) is 0.538. The van der Waals surface area contributed by atoms with Gasteiger partial charge in [0.2, 0.25) is 0 Å². The smallest absolute Gasteiger partial charge is 0.123 e. The molecular formula is C13H18FNO. The van der Waals surface area contributed by atoms with Crippen molar-refractivity contribution < 1.29 is 9.50 Å². The van der Waals surface area contributed by atoms with Gasteiger partial charge in [0.05, 0.1) is 6.10 Å². The van der Waals surface area contributed by atoms with Crippen LogP contribution in [-0.4, -0.2) is 17.8 Å². The van der Waals surface area contributed by atoms with Crippen LogP contribution in [0.5, 0.6) is 0 Å². The van der Waals surface area contributed by atoms with Crippen molar-refractivity contribution in [3.8, 4) is 0 Å². The third-order valence-electron chi connectivity index (χ3n) is 3.08. The zero-order valence-corrected chi connectivity index (χ0v) is 9.54. The summed E-state index contributed by atoms with van der Waals surface area (Å²) in [5.41, 5.74) is 2.29. The maximum absolute atomic E-state index is 13.1. The molecule has 0 radical (unpaired) electrons. The Bertz CT molecular complexity index is 365. The van der Waals surface area contributed by atoms with Gasteiger partial charge in [-0.1, -0.05) is 6.07 Å². The fourth-order valence-corrected chi connectivity index (χ4v) is 2.31. The quantitative estimate of drug-likeness (QED) is 0.823. The van der Waals surface area contributed by atoms with Crippen molar-refractivity contribution >= 4 is 0 Å². The molecule has 0 fully saturated rings. The average molecular weight is 223 g/mol. The van der Waals surface area contributed by atoms with Crippen molar-refractivity contribution in [1.82, 2.24) is 5.32 Å². The number of aryl methyl sites for hydroxylation is 1. The predicted octanol–water partition coefficient (Wildman–Crippen LogP) is 2.17. The Labute approximate surface area is 95.5 Å². The van der Waals surface area contributed by atoms with Crippen molar-refractivity contribution in [3.05, 3.63) is 35.1 Å². The molecule has 0 saturated heterocycles. The molecule has 1 aromatic rings. The fourth-order valence-electron chi connectivity index (χ4n) is 2.31. The third-order valence-corrected chi connectivity index (χ3v) is 3.08. The molecular weight excluding hydrogens is 205 g/mol. The minimum atomic E-state index is -0.342. The van der Waals surface area contributed by atoms with E-state index in [-0.39, 0.29) is 18.0 Å². The molecule has 0 spiro atoms. The van der Waals surface area contributed by atoms with Crippen LogP contribution in [0.25, 0.3) is 0 Å². The standard InChI is InChI=1S/C13H18FNO/c1-9(16)8-15-13-4-2-3-10-7-11(14)5-6-12(10)13/h5-7,9,13,15-16H,2-4,8H2,1H3/t9-,13?/m1/s1. The summed E-state index contributed by atoms with van der Waals surface area (Å²) in [6.45, 7) is 2.35. The Kier molecular flexibility index (Phi) is 3.56. The number of rotatable bonds is 3. The second kappa shape index (κ2) is 4.93. The molecule has 3 heteroatoms. The van der Waals surface area contributed by atoms with Gasteiger partial charge in [-0.2, -0.15) is 0 Å². The molecule has 0 aliphatic heterocycles. The van der Waals surface area contributed by atoms with Gasteiger partial charge in [0.15, 0.2) is 0 Å². The highest BCUT2D eigenvalue weighted by atomic mass is 19.1. The van der Waals surface area contributed by atoms with Crippen molar-refractivity contribution in [1.29, 1.82) is 0 Å². The number of aliphatic hydroxyl groups excluding tert-OH is 1. The first kappa shape index (κ1) is 11.6. The SMILES string of the molecule is C[C@@H](O)CNC1CCCc2cc(F)ccc21. The number of fused-ring (bicyclic) bond motifs is 1. The molecule has 2 atom stereocenters. The van der Waals surface area contributed by atoms with E-state index in [9.17, 15) is 9.50 Å². The molecule has 2 N–H and O–H groups in total. The molecule has 0 bridgehead atoms. The first-order valence-electron chi connectivity index (χ1n) is 5.86. The highest BCUT2D eigenvalue weighted by molar-refractivity contribution is 5.32. The topological polar surface area (TPSA) is 32.3 Å². The third kappa shape index (κ3) is 2.60. The van der Waals surface area contributed by atoms with E-state index in [0.717, 1.165) is 24.8 Å². The van der Waals surface area contributed by atoms with Crippen molar-refractivity contribution in [3.63, 3.8) is 0 Å². The Morgan fingerprint density at radius 2 is 2.38 bits per heavy atom. The Balaban J connectivity index is 2.13. The van der Waals surface area contributed by atoms with Crippen LogP contribution in [0.1, 0.15) is 36.9 Å². The second-order valence-corrected chi connectivity index (χ2v) is 4.55. The van der Waals surface area contributed by atoms with Gasteiger partial charge in [0.25, 0.3) is 0 Å². The van der Waals surface area contributed by atoms with Gasteiger partial charge in [0.1, 0.15) is 5.82 Å². The predicted molar refractivity (Wildman–Crippen MR) is 61.8 cm³/mol. The van der Waals surface area contributed by atoms with Crippen LogP contribution in [0.15, 0.2) is 18.2 Å². The molecule has 16 heavy (non-hydrogen) atoms. The highest BCUT2D eigenvalue weighted by Crippen LogP contribution is 2.29. The largest absolute Gasteiger partial charge is 0.392 e. The lowest BCUT2D eigenvalue weighted by molar-refractivity contribution is 0.184. The van der Waals surface area contributed by atoms with Gasteiger partial charge >= 0.3 is 0 Å². The van der Waals surface area contributed by atoms with Crippen LogP contribution >= 0.6 is 0 Å². The zero-order valence-electron chi connectivity index (χ0n) is 9.54. The number of aliphatic hydroxyl groups is 1. The van der Waals surface area contributed by atoms with Gasteiger partial charge in [-0.3, -0.25) is 0 Å². The molecule has 0 heterocycles. The normalized spacial score (nSPS) is 21.6. The average Bonchev–Trinajstić information content (AvgIpc) is 2.25. The Morgan fingerprint density at radius 3 is 3.12 bits per heavy atom. The lowest BCUT2D eigenvalue weighted by Gasteiger charge is -2.27. The van der Waals surface area contributed by atoms with E-state index in [1.165, 1.54) is 11.6 Å². The summed E-state index contributed by atoms with van der Waals surface area (Å²) >= 11 is 0. The molecule has 0 amide bonds. The molecule has 0 saturated carbocycles. The Morgan fingerprint density at radius 1 is 1.56 bits per heavy atom. The summed E-state index contributed by atoms with van der Waals surface area (Å²) in [7, 11) is 0. The van der Waals surface area contributed by atoms with Crippen molar-refractivity contribution in [2.75, 3.05) is 6.54 Å². The molecule has 1 aliphatic rings. The lowest BCUT2D eigenvalue weighted by atomic mass is 9.87. The number of hydrogen-bond acceptors (Lipinski definition) is 2. The van der Waals surface area contributed by atoms with Gasteiger partial charge in [0, 0.05) is 12.6 Å². The van der Waals surface area contributed by atoms with Crippen LogP contribution < -0.4 is 5.32 Å².